The van der Waals surface area contributed by atoms with Crippen LogP contribution in [0.15, 0.2) is 36.4 Å². The first kappa shape index (κ1) is 17.0. The number of carbonyl (C=O) groups excluding carboxylic acids is 1. The van der Waals surface area contributed by atoms with E-state index in [1.807, 2.05) is 0 Å². The fourth-order valence-electron chi connectivity index (χ4n) is 3.01. The Bertz CT molecular complexity index is 990. The van der Waals surface area contributed by atoms with Gasteiger partial charge in [0.05, 0.1) is 24.1 Å². The summed E-state index contributed by atoms with van der Waals surface area (Å²) in [6, 6.07) is 10.2. The number of ether oxygens (including phenoxy) is 1. The van der Waals surface area contributed by atoms with Gasteiger partial charge in [-0.1, -0.05) is 23.7 Å². The molecular weight excluding hydrogens is 342 g/mol. The molecule has 5 nitrogen and oxygen atoms in total. The number of methoxy groups -OCH3 is 1. The average Bonchev–Trinajstić information content (AvgIpc) is 2.89. The number of aliphatic carboxylic acids is 1. The van der Waals surface area contributed by atoms with Crippen molar-refractivity contribution in [3.05, 3.63) is 63.8 Å². The van der Waals surface area contributed by atoms with Gasteiger partial charge in [0.1, 0.15) is 5.75 Å². The van der Waals surface area contributed by atoms with Crippen LogP contribution >= 0.6 is 11.6 Å². The number of carboxylic acids is 1. The molecule has 0 spiro atoms. The van der Waals surface area contributed by atoms with Gasteiger partial charge in [0.25, 0.3) is 0 Å². The fourth-order valence-corrected chi connectivity index (χ4v) is 3.24. The maximum atomic E-state index is 13.2. The minimum atomic E-state index is -0.969. The maximum Gasteiger partial charge on any atom is 0.307 e. The first-order valence-corrected chi connectivity index (χ1v) is 8.01. The van der Waals surface area contributed by atoms with Crippen molar-refractivity contribution in [2.24, 2.45) is 0 Å². The molecule has 3 rings (SSSR count). The molecule has 1 heterocycles. The summed E-state index contributed by atoms with van der Waals surface area (Å²) in [4.78, 5) is 27.6. The van der Waals surface area contributed by atoms with Gasteiger partial charge in [-0.3, -0.25) is 9.59 Å². The molecule has 0 aliphatic heterocycles. The molecule has 6 heteroatoms. The van der Waals surface area contributed by atoms with Crippen LogP contribution in [0.4, 0.5) is 0 Å². The summed E-state index contributed by atoms with van der Waals surface area (Å²) < 4.78 is 5.38. The van der Waals surface area contributed by atoms with Crippen LogP contribution < -0.4 is 4.74 Å². The number of ketones is 1. The molecule has 2 N–H and O–H groups in total. The average molecular weight is 358 g/mol. The summed E-state index contributed by atoms with van der Waals surface area (Å²) in [5, 5.41) is 10.1. The van der Waals surface area contributed by atoms with Crippen LogP contribution in [0, 0.1) is 6.92 Å². The molecule has 0 saturated carbocycles. The zero-order chi connectivity index (χ0) is 18.1. The van der Waals surface area contributed by atoms with Crippen molar-refractivity contribution in [1.82, 2.24) is 4.98 Å². The van der Waals surface area contributed by atoms with Crippen LogP contribution in [0.1, 0.15) is 27.2 Å². The molecule has 0 bridgehead atoms. The van der Waals surface area contributed by atoms with Gasteiger partial charge >= 0.3 is 5.97 Å². The number of aryl methyl sites for hydroxylation is 1. The summed E-state index contributed by atoms with van der Waals surface area (Å²) in [5.74, 6) is -0.898. The number of halogens is 1. The molecule has 1 aromatic heterocycles. The Morgan fingerprint density at radius 2 is 1.92 bits per heavy atom. The molecular formula is C19H16ClNO4. The van der Waals surface area contributed by atoms with Crippen molar-refractivity contribution in [3.63, 3.8) is 0 Å². The van der Waals surface area contributed by atoms with Gasteiger partial charge in [-0.05, 0) is 36.8 Å². The normalized spacial score (nSPS) is 10.8. The van der Waals surface area contributed by atoms with Gasteiger partial charge in [0, 0.05) is 22.2 Å². The quantitative estimate of drug-likeness (QED) is 0.676. The molecule has 0 fully saturated rings. The predicted octanol–water partition coefficient (Wildman–Crippen LogP) is 4.00. The van der Waals surface area contributed by atoms with Gasteiger partial charge in [-0.2, -0.15) is 0 Å². The van der Waals surface area contributed by atoms with Crippen LogP contribution in [0.3, 0.4) is 0 Å². The number of fused-ring (bicyclic) bond motifs is 1. The lowest BCUT2D eigenvalue weighted by molar-refractivity contribution is -0.136. The van der Waals surface area contributed by atoms with Crippen molar-refractivity contribution < 1.29 is 19.4 Å². The first-order chi connectivity index (χ1) is 11.9. The topological polar surface area (TPSA) is 79.4 Å². The number of hydrogen-bond acceptors (Lipinski definition) is 3. The zero-order valence-corrected chi connectivity index (χ0v) is 14.5. The van der Waals surface area contributed by atoms with E-state index in [4.69, 9.17) is 16.3 Å². The number of benzene rings is 2. The molecule has 0 unspecified atom stereocenters. The van der Waals surface area contributed by atoms with Crippen LogP contribution in [0.5, 0.6) is 5.75 Å². The van der Waals surface area contributed by atoms with Crippen molar-refractivity contribution in [1.29, 1.82) is 0 Å². The first-order valence-electron chi connectivity index (χ1n) is 7.63. The summed E-state index contributed by atoms with van der Waals surface area (Å²) in [6.07, 6.45) is -0.193. The zero-order valence-electron chi connectivity index (χ0n) is 13.7. The second kappa shape index (κ2) is 6.61. The van der Waals surface area contributed by atoms with E-state index in [0.717, 1.165) is 0 Å². The van der Waals surface area contributed by atoms with E-state index in [2.05, 4.69) is 4.98 Å². The maximum absolute atomic E-state index is 13.2. The number of rotatable bonds is 5. The molecule has 2 aromatic carbocycles. The third-order valence-electron chi connectivity index (χ3n) is 4.14. The highest BCUT2D eigenvalue weighted by atomic mass is 35.5. The van der Waals surface area contributed by atoms with Gasteiger partial charge < -0.3 is 14.8 Å². The Kier molecular flexibility index (Phi) is 4.51. The van der Waals surface area contributed by atoms with E-state index in [9.17, 15) is 14.7 Å². The second-order valence-electron chi connectivity index (χ2n) is 5.67. The lowest BCUT2D eigenvalue weighted by Gasteiger charge is -2.11. The highest BCUT2D eigenvalue weighted by Gasteiger charge is 2.24. The van der Waals surface area contributed by atoms with Gasteiger partial charge in [-0.25, -0.2) is 0 Å². The third kappa shape index (κ3) is 2.98. The Morgan fingerprint density at radius 3 is 2.56 bits per heavy atom. The second-order valence-corrected chi connectivity index (χ2v) is 6.08. The van der Waals surface area contributed by atoms with Crippen LogP contribution in [-0.4, -0.2) is 29.0 Å². The predicted molar refractivity (Wildman–Crippen MR) is 95.8 cm³/mol. The van der Waals surface area contributed by atoms with Crippen LogP contribution in [-0.2, 0) is 11.2 Å². The fraction of sp³-hybridized carbons (Fsp3) is 0.158. The van der Waals surface area contributed by atoms with E-state index in [-0.39, 0.29) is 12.2 Å². The van der Waals surface area contributed by atoms with Crippen molar-refractivity contribution in [2.45, 2.75) is 13.3 Å². The Hall–Kier alpha value is -2.79. The molecule has 3 aromatic rings. The summed E-state index contributed by atoms with van der Waals surface area (Å²) >= 11 is 6.18. The number of hydrogen-bond donors (Lipinski definition) is 2. The van der Waals surface area contributed by atoms with Crippen LogP contribution in [0.25, 0.3) is 10.9 Å². The Balaban J connectivity index is 2.33. The highest BCUT2D eigenvalue weighted by Crippen LogP contribution is 2.35. The number of aromatic nitrogens is 1. The van der Waals surface area contributed by atoms with Gasteiger partial charge in [0.15, 0.2) is 5.78 Å². The molecule has 25 heavy (non-hydrogen) atoms. The summed E-state index contributed by atoms with van der Waals surface area (Å²) in [7, 11) is 1.47. The Labute approximate surface area is 149 Å². The SMILES string of the molecule is COc1ccc2[nH]c(C)c(CC(=O)O)c2c1C(=O)c1ccccc1Cl. The minimum absolute atomic E-state index is 0.193. The molecule has 0 atom stereocenters. The van der Waals surface area contributed by atoms with Crippen LogP contribution in [0.2, 0.25) is 5.02 Å². The van der Waals surface area contributed by atoms with E-state index in [1.165, 1.54) is 7.11 Å². The number of carboxylic acid groups (broad SMARTS) is 1. The van der Waals surface area contributed by atoms with E-state index in [1.54, 1.807) is 43.3 Å². The Morgan fingerprint density at radius 1 is 1.20 bits per heavy atom. The molecule has 0 saturated heterocycles. The van der Waals surface area contributed by atoms with E-state index < -0.39 is 5.97 Å². The van der Waals surface area contributed by atoms with E-state index >= 15 is 0 Å². The number of nitrogens with one attached hydrogen (secondary N) is 1. The van der Waals surface area contributed by atoms with Crippen molar-refractivity contribution in [2.75, 3.05) is 7.11 Å². The molecule has 0 aliphatic carbocycles. The number of aromatic amines is 1. The minimum Gasteiger partial charge on any atom is -0.496 e. The third-order valence-corrected chi connectivity index (χ3v) is 4.47. The van der Waals surface area contributed by atoms with E-state index in [0.29, 0.717) is 44.1 Å². The highest BCUT2D eigenvalue weighted by molar-refractivity contribution is 6.35. The molecule has 0 amide bonds. The lowest BCUT2D eigenvalue weighted by Crippen LogP contribution is -2.08. The largest absolute Gasteiger partial charge is 0.496 e. The lowest BCUT2D eigenvalue weighted by atomic mass is 9.95. The summed E-state index contributed by atoms with van der Waals surface area (Å²) in [6.45, 7) is 1.79. The molecule has 0 aliphatic rings. The van der Waals surface area contributed by atoms with Gasteiger partial charge in [-0.15, -0.1) is 0 Å². The number of H-pyrrole nitrogens is 1. The number of carbonyl (C=O) groups is 2. The van der Waals surface area contributed by atoms with Gasteiger partial charge in [0.2, 0.25) is 0 Å². The molecule has 128 valence electrons. The van der Waals surface area contributed by atoms with Crippen molar-refractivity contribution >= 4 is 34.3 Å². The molecule has 0 radical (unpaired) electrons. The summed E-state index contributed by atoms with van der Waals surface area (Å²) in [5.41, 5.74) is 2.62. The van der Waals surface area contributed by atoms with Crippen molar-refractivity contribution in [3.8, 4) is 5.75 Å². The monoisotopic (exact) mass is 357 g/mol. The standard InChI is InChI=1S/C19H16ClNO4/c1-10-12(9-16(22)23)17-14(21-10)7-8-15(25-2)18(17)19(24)11-5-3-4-6-13(11)20/h3-8,21H,9H2,1-2H3,(H,22,23). The smallest absolute Gasteiger partial charge is 0.307 e.